The molecule has 1 unspecified atom stereocenters. The van der Waals surface area contributed by atoms with E-state index in [1.165, 1.54) is 12.1 Å². The average Bonchev–Trinajstić information content (AvgIpc) is 2.62. The topological polar surface area (TPSA) is 41.6 Å². The molecule has 1 aliphatic rings. The number of carbonyl (C=O) groups excluding carboxylic acids is 1. The first kappa shape index (κ1) is 19.2. The highest BCUT2D eigenvalue weighted by atomic mass is 35.5. The van der Waals surface area contributed by atoms with E-state index >= 15 is 0 Å². The largest absolute Gasteiger partial charge is 0.494 e. The van der Waals surface area contributed by atoms with Crippen molar-refractivity contribution in [2.75, 3.05) is 26.2 Å². The Kier molecular flexibility index (Phi) is 6.79. The third kappa shape index (κ3) is 4.50. The van der Waals surface area contributed by atoms with Crippen molar-refractivity contribution >= 4 is 18.3 Å². The average molecular weight is 365 g/mol. The van der Waals surface area contributed by atoms with Crippen molar-refractivity contribution < 1.29 is 13.9 Å². The van der Waals surface area contributed by atoms with Gasteiger partial charge in [-0.15, -0.1) is 12.4 Å². The summed E-state index contributed by atoms with van der Waals surface area (Å²) in [4.78, 5) is 14.8. The highest BCUT2D eigenvalue weighted by Crippen LogP contribution is 2.25. The molecule has 2 aromatic rings. The number of piperazine rings is 1. The molecule has 1 N–H and O–H groups in total. The van der Waals surface area contributed by atoms with Crippen LogP contribution in [0.3, 0.4) is 0 Å². The second kappa shape index (κ2) is 8.83. The lowest BCUT2D eigenvalue weighted by molar-refractivity contribution is 0.0633. The van der Waals surface area contributed by atoms with Gasteiger partial charge in [0, 0.05) is 25.2 Å². The zero-order valence-corrected chi connectivity index (χ0v) is 14.9. The number of hydrogen-bond donors (Lipinski definition) is 1. The van der Waals surface area contributed by atoms with Crippen LogP contribution in [-0.2, 0) is 0 Å². The van der Waals surface area contributed by atoms with E-state index in [1.807, 2.05) is 25.1 Å². The van der Waals surface area contributed by atoms with Crippen molar-refractivity contribution in [3.8, 4) is 5.75 Å². The lowest BCUT2D eigenvalue weighted by Crippen LogP contribution is -2.48. The Morgan fingerprint density at radius 3 is 2.84 bits per heavy atom. The fourth-order valence-electron chi connectivity index (χ4n) is 3.01. The molecule has 0 spiro atoms. The summed E-state index contributed by atoms with van der Waals surface area (Å²) in [6.45, 7) is 4.38. The summed E-state index contributed by atoms with van der Waals surface area (Å²) in [5.41, 5.74) is 1.39. The number of benzene rings is 2. The van der Waals surface area contributed by atoms with Crippen molar-refractivity contribution in [2.45, 2.75) is 13.0 Å². The number of halogens is 2. The van der Waals surface area contributed by atoms with Crippen LogP contribution in [-0.4, -0.2) is 37.0 Å². The Morgan fingerprint density at radius 2 is 2.08 bits per heavy atom. The summed E-state index contributed by atoms with van der Waals surface area (Å²) in [7, 11) is 0. The van der Waals surface area contributed by atoms with Crippen LogP contribution in [0, 0.1) is 5.82 Å². The van der Waals surface area contributed by atoms with Crippen LogP contribution in [0.4, 0.5) is 4.39 Å². The SMILES string of the molecule is CCOc1cccc(C(=O)N2CCNCC2c2cccc(F)c2)c1.Cl. The van der Waals surface area contributed by atoms with Gasteiger partial charge in [0.2, 0.25) is 0 Å². The van der Waals surface area contributed by atoms with Gasteiger partial charge in [-0.05, 0) is 42.8 Å². The van der Waals surface area contributed by atoms with Crippen LogP contribution in [0.5, 0.6) is 5.75 Å². The molecule has 0 bridgehead atoms. The van der Waals surface area contributed by atoms with Crippen molar-refractivity contribution in [1.29, 1.82) is 0 Å². The normalized spacial score (nSPS) is 16.9. The van der Waals surface area contributed by atoms with E-state index in [0.717, 1.165) is 12.1 Å². The highest BCUT2D eigenvalue weighted by molar-refractivity contribution is 5.95. The van der Waals surface area contributed by atoms with E-state index in [1.54, 1.807) is 23.1 Å². The molecule has 1 saturated heterocycles. The Morgan fingerprint density at radius 1 is 1.28 bits per heavy atom. The molecule has 0 saturated carbocycles. The number of amides is 1. The summed E-state index contributed by atoms with van der Waals surface area (Å²) in [5.74, 6) is 0.330. The van der Waals surface area contributed by atoms with E-state index in [9.17, 15) is 9.18 Å². The smallest absolute Gasteiger partial charge is 0.254 e. The number of nitrogens with one attached hydrogen (secondary N) is 1. The van der Waals surface area contributed by atoms with Crippen LogP contribution < -0.4 is 10.1 Å². The van der Waals surface area contributed by atoms with E-state index in [0.29, 0.717) is 31.0 Å². The zero-order valence-electron chi connectivity index (χ0n) is 14.1. The van der Waals surface area contributed by atoms with E-state index in [4.69, 9.17) is 4.74 Å². The first-order valence-corrected chi connectivity index (χ1v) is 8.19. The number of nitrogens with zero attached hydrogens (tertiary/aromatic N) is 1. The summed E-state index contributed by atoms with van der Waals surface area (Å²) in [5, 5.41) is 3.28. The molecule has 3 rings (SSSR count). The molecule has 1 heterocycles. The maximum atomic E-state index is 13.6. The maximum Gasteiger partial charge on any atom is 0.254 e. The molecule has 1 amide bonds. The number of carbonyl (C=O) groups is 1. The molecular weight excluding hydrogens is 343 g/mol. The molecule has 6 heteroatoms. The van der Waals surface area contributed by atoms with Gasteiger partial charge >= 0.3 is 0 Å². The number of hydrogen-bond acceptors (Lipinski definition) is 3. The minimum absolute atomic E-state index is 0. The molecule has 4 nitrogen and oxygen atoms in total. The summed E-state index contributed by atoms with van der Waals surface area (Å²) < 4.78 is 19.0. The predicted octanol–water partition coefficient (Wildman–Crippen LogP) is 3.43. The van der Waals surface area contributed by atoms with E-state index in [-0.39, 0.29) is 30.2 Å². The molecule has 0 aliphatic carbocycles. The minimum atomic E-state index is -0.288. The zero-order chi connectivity index (χ0) is 16.9. The maximum absolute atomic E-state index is 13.6. The van der Waals surface area contributed by atoms with Gasteiger partial charge < -0.3 is 15.0 Å². The lowest BCUT2D eigenvalue weighted by Gasteiger charge is -2.36. The first-order valence-electron chi connectivity index (χ1n) is 8.19. The second-order valence-electron chi connectivity index (χ2n) is 5.73. The molecular formula is C19H22ClFN2O2. The van der Waals surface area contributed by atoms with Gasteiger partial charge in [0.25, 0.3) is 5.91 Å². The summed E-state index contributed by atoms with van der Waals surface area (Å²) in [6.07, 6.45) is 0. The van der Waals surface area contributed by atoms with Gasteiger partial charge in [-0.3, -0.25) is 4.79 Å². The number of ether oxygens (including phenoxy) is 1. The standard InChI is InChI=1S/C19H21FN2O2.ClH/c1-2-24-17-8-4-6-15(12-17)19(23)22-10-9-21-13-18(22)14-5-3-7-16(20)11-14;/h3-8,11-12,18,21H,2,9-10,13H2,1H3;1H. The fourth-order valence-corrected chi connectivity index (χ4v) is 3.01. The summed E-state index contributed by atoms with van der Waals surface area (Å²) in [6, 6.07) is 13.5. The molecule has 0 aromatic heterocycles. The van der Waals surface area contributed by atoms with Crippen LogP contribution in [0.15, 0.2) is 48.5 Å². The molecule has 25 heavy (non-hydrogen) atoms. The minimum Gasteiger partial charge on any atom is -0.494 e. The Labute approximate surface area is 153 Å². The molecule has 134 valence electrons. The van der Waals surface area contributed by atoms with Crippen molar-refractivity contribution in [3.05, 3.63) is 65.5 Å². The third-order valence-electron chi connectivity index (χ3n) is 4.13. The predicted molar refractivity (Wildman–Crippen MR) is 97.9 cm³/mol. The van der Waals surface area contributed by atoms with E-state index in [2.05, 4.69) is 5.32 Å². The van der Waals surface area contributed by atoms with Crippen molar-refractivity contribution in [2.24, 2.45) is 0 Å². The monoisotopic (exact) mass is 364 g/mol. The van der Waals surface area contributed by atoms with Crippen molar-refractivity contribution in [1.82, 2.24) is 10.2 Å². The van der Waals surface area contributed by atoms with Gasteiger partial charge in [-0.2, -0.15) is 0 Å². The van der Waals surface area contributed by atoms with Gasteiger partial charge in [-0.1, -0.05) is 18.2 Å². The van der Waals surface area contributed by atoms with E-state index < -0.39 is 0 Å². The van der Waals surface area contributed by atoms with Crippen molar-refractivity contribution in [3.63, 3.8) is 0 Å². The van der Waals surface area contributed by atoms with Crippen LogP contribution in [0.2, 0.25) is 0 Å². The molecule has 2 aromatic carbocycles. The lowest BCUT2D eigenvalue weighted by atomic mass is 10.0. The number of rotatable bonds is 4. The molecule has 1 fully saturated rings. The van der Waals surface area contributed by atoms with Crippen LogP contribution >= 0.6 is 12.4 Å². The fraction of sp³-hybridized carbons (Fsp3) is 0.316. The van der Waals surface area contributed by atoms with Crippen LogP contribution in [0.25, 0.3) is 0 Å². The first-order chi connectivity index (χ1) is 11.7. The summed E-state index contributed by atoms with van der Waals surface area (Å²) >= 11 is 0. The Bertz CT molecular complexity index is 726. The third-order valence-corrected chi connectivity index (χ3v) is 4.13. The molecule has 1 atom stereocenters. The van der Waals surface area contributed by atoms with Crippen LogP contribution in [0.1, 0.15) is 28.9 Å². The van der Waals surface area contributed by atoms with Gasteiger partial charge in [-0.25, -0.2) is 4.39 Å². The molecule has 1 aliphatic heterocycles. The Hall–Kier alpha value is -2.11. The van der Waals surface area contributed by atoms with Gasteiger partial charge in [0.1, 0.15) is 11.6 Å². The quantitative estimate of drug-likeness (QED) is 0.903. The highest BCUT2D eigenvalue weighted by Gasteiger charge is 2.29. The van der Waals surface area contributed by atoms with Gasteiger partial charge in [0.05, 0.1) is 12.6 Å². The second-order valence-corrected chi connectivity index (χ2v) is 5.73. The Balaban J connectivity index is 0.00000225. The molecule has 0 radical (unpaired) electrons. The van der Waals surface area contributed by atoms with Gasteiger partial charge in [0.15, 0.2) is 0 Å².